The Labute approximate surface area is 73.2 Å². The first-order valence-electron chi connectivity index (χ1n) is 3.29. The third-order valence-corrected chi connectivity index (χ3v) is 2.14. The van der Waals surface area contributed by atoms with Crippen LogP contribution in [0.15, 0.2) is 34.9 Å². The van der Waals surface area contributed by atoms with E-state index < -0.39 is 0 Å². The highest BCUT2D eigenvalue weighted by atomic mass is 79.9. The third-order valence-electron chi connectivity index (χ3n) is 1.50. The molecule has 0 aliphatic heterocycles. The number of nitrogens with zero attached hydrogens (tertiary/aromatic N) is 1. The van der Waals surface area contributed by atoms with Gasteiger partial charge in [-0.05, 0) is 34.1 Å². The van der Waals surface area contributed by atoms with E-state index in [0.717, 1.165) is 15.4 Å². The molecule has 0 aliphatic rings. The van der Waals surface area contributed by atoms with E-state index in [1.54, 1.807) is 6.20 Å². The zero-order valence-corrected chi connectivity index (χ0v) is 7.30. The minimum absolute atomic E-state index is 0.968. The van der Waals surface area contributed by atoms with Crippen molar-refractivity contribution in [2.45, 2.75) is 0 Å². The SMILES string of the molecule is Brc1cc[c]c2cccnc12. The summed E-state index contributed by atoms with van der Waals surface area (Å²) in [6.07, 6.45) is 1.78. The minimum Gasteiger partial charge on any atom is -0.255 e. The first-order valence-corrected chi connectivity index (χ1v) is 4.08. The molecule has 53 valence electrons. The van der Waals surface area contributed by atoms with Crippen molar-refractivity contribution >= 4 is 26.8 Å². The molecule has 1 nitrogen and oxygen atoms in total. The van der Waals surface area contributed by atoms with Crippen molar-refractivity contribution in [3.05, 3.63) is 41.0 Å². The molecule has 2 rings (SSSR count). The Morgan fingerprint density at radius 1 is 1.36 bits per heavy atom. The molecular weight excluding hydrogens is 202 g/mol. The molecule has 0 N–H and O–H groups in total. The van der Waals surface area contributed by atoms with Crippen molar-refractivity contribution in [1.29, 1.82) is 0 Å². The fourth-order valence-corrected chi connectivity index (χ4v) is 1.44. The second-order valence-corrected chi connectivity index (χ2v) is 3.08. The van der Waals surface area contributed by atoms with Crippen molar-refractivity contribution in [1.82, 2.24) is 4.98 Å². The quantitative estimate of drug-likeness (QED) is 0.647. The second kappa shape index (κ2) is 2.62. The van der Waals surface area contributed by atoms with Gasteiger partial charge in [0.05, 0.1) is 5.52 Å². The largest absolute Gasteiger partial charge is 0.255 e. The molecule has 1 heterocycles. The molecule has 0 bridgehead atoms. The van der Waals surface area contributed by atoms with Crippen LogP contribution in [0.3, 0.4) is 0 Å². The molecule has 0 amide bonds. The fourth-order valence-electron chi connectivity index (χ4n) is 0.996. The number of hydrogen-bond donors (Lipinski definition) is 0. The van der Waals surface area contributed by atoms with Gasteiger partial charge in [0.2, 0.25) is 0 Å². The summed E-state index contributed by atoms with van der Waals surface area (Å²) in [5.74, 6) is 0. The molecule has 2 heteroatoms. The molecule has 0 spiro atoms. The minimum atomic E-state index is 0.968. The molecule has 1 aromatic carbocycles. The maximum atomic E-state index is 4.20. The lowest BCUT2D eigenvalue weighted by Gasteiger charge is -1.95. The highest BCUT2D eigenvalue weighted by Crippen LogP contribution is 2.19. The number of rotatable bonds is 0. The molecule has 11 heavy (non-hydrogen) atoms. The van der Waals surface area contributed by atoms with E-state index in [2.05, 4.69) is 27.0 Å². The van der Waals surface area contributed by atoms with Gasteiger partial charge in [-0.3, -0.25) is 4.98 Å². The van der Waals surface area contributed by atoms with Gasteiger partial charge in [-0.2, -0.15) is 0 Å². The lowest BCUT2D eigenvalue weighted by molar-refractivity contribution is 1.40. The van der Waals surface area contributed by atoms with Crippen LogP contribution in [0.2, 0.25) is 0 Å². The number of pyridine rings is 1. The zero-order chi connectivity index (χ0) is 7.68. The van der Waals surface area contributed by atoms with Gasteiger partial charge in [-0.15, -0.1) is 0 Å². The number of hydrogen-bond acceptors (Lipinski definition) is 1. The van der Waals surface area contributed by atoms with Crippen LogP contribution in [0, 0.1) is 6.07 Å². The van der Waals surface area contributed by atoms with Crippen molar-refractivity contribution in [3.8, 4) is 0 Å². The Hall–Kier alpha value is -0.890. The van der Waals surface area contributed by atoms with E-state index in [1.165, 1.54) is 0 Å². The summed E-state index contributed by atoms with van der Waals surface area (Å²) in [6, 6.07) is 10.8. The normalized spacial score (nSPS) is 10.3. The third kappa shape index (κ3) is 1.14. The summed E-state index contributed by atoms with van der Waals surface area (Å²) >= 11 is 3.41. The maximum Gasteiger partial charge on any atom is 0.0850 e. The Bertz CT molecular complexity index is 379. The Morgan fingerprint density at radius 2 is 2.27 bits per heavy atom. The number of halogens is 1. The van der Waals surface area contributed by atoms with E-state index in [4.69, 9.17) is 0 Å². The summed E-state index contributed by atoms with van der Waals surface area (Å²) in [7, 11) is 0. The van der Waals surface area contributed by atoms with Gasteiger partial charge in [0.1, 0.15) is 0 Å². The number of fused-ring (bicyclic) bond motifs is 1. The molecule has 0 unspecified atom stereocenters. The molecule has 2 aromatic rings. The average Bonchev–Trinajstić information content (AvgIpc) is 2.06. The summed E-state index contributed by atoms with van der Waals surface area (Å²) in [5.41, 5.74) is 0.968. The molecule has 0 atom stereocenters. The lowest BCUT2D eigenvalue weighted by atomic mass is 10.2. The van der Waals surface area contributed by atoms with Gasteiger partial charge in [-0.1, -0.05) is 12.1 Å². The molecule has 0 saturated carbocycles. The smallest absolute Gasteiger partial charge is 0.0850 e. The van der Waals surface area contributed by atoms with Crippen LogP contribution in [0.5, 0.6) is 0 Å². The molecule has 0 saturated heterocycles. The van der Waals surface area contributed by atoms with Crippen LogP contribution in [0.4, 0.5) is 0 Å². The van der Waals surface area contributed by atoms with Crippen molar-refractivity contribution in [3.63, 3.8) is 0 Å². The molecule has 1 radical (unpaired) electrons. The van der Waals surface area contributed by atoms with E-state index >= 15 is 0 Å². The number of aromatic nitrogens is 1. The average molecular weight is 207 g/mol. The predicted molar refractivity (Wildman–Crippen MR) is 48.3 cm³/mol. The monoisotopic (exact) mass is 206 g/mol. The maximum absolute atomic E-state index is 4.20. The first kappa shape index (κ1) is 6.80. The van der Waals surface area contributed by atoms with Crippen LogP contribution in [0.25, 0.3) is 10.9 Å². The summed E-state index contributed by atoms with van der Waals surface area (Å²) in [5, 5.41) is 1.04. The van der Waals surface area contributed by atoms with Crippen LogP contribution in [-0.2, 0) is 0 Å². The summed E-state index contributed by atoms with van der Waals surface area (Å²) in [6.45, 7) is 0. The van der Waals surface area contributed by atoms with Gasteiger partial charge in [0, 0.05) is 16.1 Å². The van der Waals surface area contributed by atoms with Crippen LogP contribution < -0.4 is 0 Å². The predicted octanol–water partition coefficient (Wildman–Crippen LogP) is 2.80. The highest BCUT2D eigenvalue weighted by Gasteiger charge is 1.95. The van der Waals surface area contributed by atoms with Gasteiger partial charge < -0.3 is 0 Å². The van der Waals surface area contributed by atoms with Crippen LogP contribution in [-0.4, -0.2) is 4.98 Å². The molecular formula is C9H5BrN. The van der Waals surface area contributed by atoms with Crippen LogP contribution in [0.1, 0.15) is 0 Å². The van der Waals surface area contributed by atoms with Gasteiger partial charge in [0.25, 0.3) is 0 Å². The summed E-state index contributed by atoms with van der Waals surface area (Å²) in [4.78, 5) is 4.20. The van der Waals surface area contributed by atoms with E-state index in [-0.39, 0.29) is 0 Å². The Morgan fingerprint density at radius 3 is 3.09 bits per heavy atom. The standard InChI is InChI=1S/C9H5BrN/c10-8-5-1-3-7-4-2-6-11-9(7)8/h1-2,4-6H. The highest BCUT2D eigenvalue weighted by molar-refractivity contribution is 9.10. The van der Waals surface area contributed by atoms with E-state index in [0.29, 0.717) is 0 Å². The lowest BCUT2D eigenvalue weighted by Crippen LogP contribution is -1.77. The first-order chi connectivity index (χ1) is 5.38. The number of benzene rings is 1. The fraction of sp³-hybridized carbons (Fsp3) is 0. The zero-order valence-electron chi connectivity index (χ0n) is 5.71. The molecule has 0 aliphatic carbocycles. The van der Waals surface area contributed by atoms with Crippen molar-refractivity contribution < 1.29 is 0 Å². The molecule has 0 fully saturated rings. The van der Waals surface area contributed by atoms with E-state index in [1.807, 2.05) is 24.3 Å². The van der Waals surface area contributed by atoms with Crippen LogP contribution >= 0.6 is 15.9 Å². The summed E-state index contributed by atoms with van der Waals surface area (Å²) < 4.78 is 1.02. The Balaban J connectivity index is 2.91. The van der Waals surface area contributed by atoms with Crippen molar-refractivity contribution in [2.75, 3.05) is 0 Å². The van der Waals surface area contributed by atoms with Gasteiger partial charge in [0.15, 0.2) is 0 Å². The molecule has 1 aromatic heterocycles. The van der Waals surface area contributed by atoms with Gasteiger partial charge >= 0.3 is 0 Å². The van der Waals surface area contributed by atoms with Gasteiger partial charge in [-0.25, -0.2) is 0 Å². The topological polar surface area (TPSA) is 12.9 Å². The Kier molecular flexibility index (Phi) is 1.62. The van der Waals surface area contributed by atoms with E-state index in [9.17, 15) is 0 Å². The van der Waals surface area contributed by atoms with Crippen molar-refractivity contribution in [2.24, 2.45) is 0 Å². The second-order valence-electron chi connectivity index (χ2n) is 2.23.